The molecule has 0 spiro atoms. The maximum atomic E-state index is 11.3. The van der Waals surface area contributed by atoms with Gasteiger partial charge in [-0.1, -0.05) is 0 Å². The number of amides is 1. The van der Waals surface area contributed by atoms with Gasteiger partial charge in [-0.25, -0.2) is 4.79 Å². The summed E-state index contributed by atoms with van der Waals surface area (Å²) in [5, 5.41) is 9.22. The molecule has 0 aromatic carbocycles. The van der Waals surface area contributed by atoms with Crippen LogP contribution in [-0.4, -0.2) is 44.4 Å². The van der Waals surface area contributed by atoms with Crippen LogP contribution in [0.25, 0.3) is 0 Å². The van der Waals surface area contributed by atoms with Gasteiger partial charge in [0, 0.05) is 32.7 Å². The molecule has 1 aliphatic rings. The molecular formula is C11H23N3O2. The normalized spacial score (nSPS) is 16.7. The van der Waals surface area contributed by atoms with E-state index in [0.717, 1.165) is 32.1 Å². The van der Waals surface area contributed by atoms with Crippen molar-refractivity contribution >= 4 is 6.09 Å². The Morgan fingerprint density at radius 3 is 2.56 bits per heavy atom. The molecule has 0 radical (unpaired) electrons. The molecule has 1 aliphatic heterocycles. The van der Waals surface area contributed by atoms with Gasteiger partial charge in [-0.2, -0.15) is 0 Å². The third-order valence-electron chi connectivity index (χ3n) is 2.27. The Labute approximate surface area is 97.3 Å². The zero-order chi connectivity index (χ0) is 12.0. The first kappa shape index (κ1) is 13.3. The minimum atomic E-state index is -0.422. The van der Waals surface area contributed by atoms with Crippen LogP contribution >= 0.6 is 0 Å². The van der Waals surface area contributed by atoms with Crippen molar-refractivity contribution in [3.8, 4) is 0 Å². The Morgan fingerprint density at radius 2 is 2.06 bits per heavy atom. The van der Waals surface area contributed by atoms with Gasteiger partial charge in [-0.05, 0) is 26.7 Å². The highest BCUT2D eigenvalue weighted by Gasteiger charge is 2.16. The third-order valence-corrected chi connectivity index (χ3v) is 2.27. The molecule has 0 atom stereocenters. The number of rotatable bonds is 5. The van der Waals surface area contributed by atoms with Gasteiger partial charge in [-0.3, -0.25) is 0 Å². The molecule has 1 heterocycles. The summed E-state index contributed by atoms with van der Waals surface area (Å²) in [6.45, 7) is 10.2. The van der Waals surface area contributed by atoms with Crippen molar-refractivity contribution in [2.24, 2.45) is 5.92 Å². The van der Waals surface area contributed by atoms with Crippen molar-refractivity contribution in [2.75, 3.05) is 32.7 Å². The second-order valence-corrected chi connectivity index (χ2v) is 5.16. The van der Waals surface area contributed by atoms with Crippen molar-refractivity contribution in [3.63, 3.8) is 0 Å². The van der Waals surface area contributed by atoms with E-state index >= 15 is 0 Å². The lowest BCUT2D eigenvalue weighted by atomic mass is 10.0. The highest BCUT2D eigenvalue weighted by molar-refractivity contribution is 5.67. The van der Waals surface area contributed by atoms with Crippen LogP contribution in [-0.2, 0) is 4.74 Å². The summed E-state index contributed by atoms with van der Waals surface area (Å²) >= 11 is 0. The van der Waals surface area contributed by atoms with E-state index in [1.54, 1.807) is 0 Å². The number of hydrogen-bond donors (Lipinski definition) is 3. The fourth-order valence-electron chi connectivity index (χ4n) is 1.37. The summed E-state index contributed by atoms with van der Waals surface area (Å²) < 4.78 is 5.11. The fourth-order valence-corrected chi connectivity index (χ4v) is 1.37. The van der Waals surface area contributed by atoms with Crippen LogP contribution in [0.2, 0.25) is 0 Å². The summed E-state index contributed by atoms with van der Waals surface area (Å²) in [6, 6.07) is 0. The molecule has 0 unspecified atom stereocenters. The van der Waals surface area contributed by atoms with Crippen LogP contribution in [0.15, 0.2) is 0 Å². The molecule has 5 nitrogen and oxygen atoms in total. The Bertz CT molecular complexity index is 222. The van der Waals surface area contributed by atoms with E-state index in [1.165, 1.54) is 0 Å². The van der Waals surface area contributed by atoms with Crippen LogP contribution in [0.1, 0.15) is 20.8 Å². The summed E-state index contributed by atoms with van der Waals surface area (Å²) in [5.41, 5.74) is -0.422. The van der Waals surface area contributed by atoms with E-state index in [9.17, 15) is 4.79 Å². The lowest BCUT2D eigenvalue weighted by Crippen LogP contribution is -2.48. The Kier molecular flexibility index (Phi) is 5.02. The van der Waals surface area contributed by atoms with Crippen molar-refractivity contribution < 1.29 is 9.53 Å². The first-order chi connectivity index (χ1) is 7.47. The van der Waals surface area contributed by atoms with Gasteiger partial charge in [0.1, 0.15) is 5.60 Å². The topological polar surface area (TPSA) is 62.4 Å². The van der Waals surface area contributed by atoms with Crippen LogP contribution < -0.4 is 16.0 Å². The fraction of sp³-hybridized carbons (Fsp3) is 0.909. The van der Waals surface area contributed by atoms with Gasteiger partial charge >= 0.3 is 6.09 Å². The first-order valence-corrected chi connectivity index (χ1v) is 5.85. The van der Waals surface area contributed by atoms with E-state index in [2.05, 4.69) is 16.0 Å². The smallest absolute Gasteiger partial charge is 0.407 e. The third kappa shape index (κ3) is 5.92. The van der Waals surface area contributed by atoms with E-state index in [4.69, 9.17) is 4.74 Å². The number of nitrogens with one attached hydrogen (secondary N) is 3. The number of alkyl carbamates (subject to hydrolysis) is 1. The van der Waals surface area contributed by atoms with Gasteiger partial charge in [0.05, 0.1) is 0 Å². The average molecular weight is 229 g/mol. The molecule has 0 aromatic heterocycles. The van der Waals surface area contributed by atoms with E-state index < -0.39 is 5.60 Å². The van der Waals surface area contributed by atoms with Crippen LogP contribution in [0.3, 0.4) is 0 Å². The molecule has 16 heavy (non-hydrogen) atoms. The molecule has 0 aliphatic carbocycles. The highest BCUT2D eigenvalue weighted by atomic mass is 16.6. The molecule has 0 bridgehead atoms. The zero-order valence-electron chi connectivity index (χ0n) is 10.4. The first-order valence-electron chi connectivity index (χ1n) is 5.85. The second-order valence-electron chi connectivity index (χ2n) is 5.16. The van der Waals surface area contributed by atoms with E-state index in [0.29, 0.717) is 6.54 Å². The monoisotopic (exact) mass is 229 g/mol. The van der Waals surface area contributed by atoms with Crippen LogP contribution in [0, 0.1) is 5.92 Å². The minimum absolute atomic E-state index is 0.348. The molecule has 94 valence electrons. The summed E-state index contributed by atoms with van der Waals surface area (Å²) in [5.74, 6) is 0.751. The van der Waals surface area contributed by atoms with Gasteiger partial charge in [0.25, 0.3) is 0 Å². The van der Waals surface area contributed by atoms with Gasteiger partial charge < -0.3 is 20.7 Å². The number of hydrogen-bond acceptors (Lipinski definition) is 4. The molecule has 3 N–H and O–H groups in total. The van der Waals surface area contributed by atoms with Crippen molar-refractivity contribution in [3.05, 3.63) is 0 Å². The highest BCUT2D eigenvalue weighted by Crippen LogP contribution is 2.06. The molecule has 1 saturated heterocycles. The van der Waals surface area contributed by atoms with Crippen LogP contribution in [0.4, 0.5) is 4.79 Å². The average Bonchev–Trinajstić information content (AvgIpc) is 2.04. The summed E-state index contributed by atoms with van der Waals surface area (Å²) in [4.78, 5) is 11.3. The second kappa shape index (κ2) is 6.06. The van der Waals surface area contributed by atoms with Crippen molar-refractivity contribution in [2.45, 2.75) is 26.4 Å². The van der Waals surface area contributed by atoms with Gasteiger partial charge in [0.2, 0.25) is 0 Å². The largest absolute Gasteiger partial charge is 0.444 e. The Hall–Kier alpha value is -0.810. The molecular weight excluding hydrogens is 206 g/mol. The zero-order valence-corrected chi connectivity index (χ0v) is 10.4. The molecule has 0 saturated carbocycles. The molecule has 1 amide bonds. The van der Waals surface area contributed by atoms with E-state index in [1.807, 2.05) is 20.8 Å². The molecule has 1 rings (SSSR count). The minimum Gasteiger partial charge on any atom is -0.444 e. The standard InChI is InChI=1S/C11H23N3O2/c1-11(2,3)16-10(15)14-5-4-12-6-9-7-13-8-9/h9,12-13H,4-8H2,1-3H3,(H,14,15). The van der Waals surface area contributed by atoms with Gasteiger partial charge in [-0.15, -0.1) is 0 Å². The number of carbonyl (C=O) groups excluding carboxylic acids is 1. The lowest BCUT2D eigenvalue weighted by Gasteiger charge is -2.27. The van der Waals surface area contributed by atoms with Crippen molar-refractivity contribution in [1.29, 1.82) is 0 Å². The predicted molar refractivity (Wildman–Crippen MR) is 63.5 cm³/mol. The maximum absolute atomic E-state index is 11.3. The Morgan fingerprint density at radius 1 is 1.38 bits per heavy atom. The predicted octanol–water partition coefficient (Wildman–Crippen LogP) is 0.320. The quantitative estimate of drug-likeness (QED) is 0.594. The summed E-state index contributed by atoms with van der Waals surface area (Å²) in [7, 11) is 0. The molecule has 1 fully saturated rings. The number of ether oxygens (including phenoxy) is 1. The van der Waals surface area contributed by atoms with Crippen LogP contribution in [0.5, 0.6) is 0 Å². The molecule has 5 heteroatoms. The SMILES string of the molecule is CC(C)(C)OC(=O)NCCNCC1CNC1. The molecule has 0 aromatic rings. The number of carbonyl (C=O) groups is 1. The Balaban J connectivity index is 1.91. The summed E-state index contributed by atoms with van der Waals surface area (Å²) in [6.07, 6.45) is -0.348. The maximum Gasteiger partial charge on any atom is 0.407 e. The van der Waals surface area contributed by atoms with Gasteiger partial charge in [0.15, 0.2) is 0 Å². The lowest BCUT2D eigenvalue weighted by molar-refractivity contribution is 0.0528. The van der Waals surface area contributed by atoms with Crippen molar-refractivity contribution in [1.82, 2.24) is 16.0 Å². The van der Waals surface area contributed by atoms with E-state index in [-0.39, 0.29) is 6.09 Å².